The minimum absolute atomic E-state index is 0.0540. The molecule has 2 aromatic carbocycles. The summed E-state index contributed by atoms with van der Waals surface area (Å²) in [5, 5.41) is 3.05. The van der Waals surface area contributed by atoms with Crippen molar-refractivity contribution >= 4 is 11.8 Å². The van der Waals surface area contributed by atoms with Crippen molar-refractivity contribution in [2.24, 2.45) is 11.8 Å². The van der Waals surface area contributed by atoms with Crippen molar-refractivity contribution in [2.75, 3.05) is 41.0 Å². The summed E-state index contributed by atoms with van der Waals surface area (Å²) in [5.41, 5.74) is 2.58. The summed E-state index contributed by atoms with van der Waals surface area (Å²) in [7, 11) is 4.69. The average molecular weight is 455 g/mol. The van der Waals surface area contributed by atoms with Crippen LogP contribution in [-0.2, 0) is 4.79 Å². The lowest BCUT2D eigenvalue weighted by molar-refractivity contribution is -0.125. The van der Waals surface area contributed by atoms with Gasteiger partial charge in [-0.25, -0.2) is 0 Å². The van der Waals surface area contributed by atoms with Crippen molar-refractivity contribution in [2.45, 2.75) is 26.7 Å². The maximum absolute atomic E-state index is 13.2. The van der Waals surface area contributed by atoms with Crippen molar-refractivity contribution in [3.8, 4) is 17.2 Å². The van der Waals surface area contributed by atoms with E-state index in [-0.39, 0.29) is 23.7 Å². The van der Waals surface area contributed by atoms with Crippen LogP contribution in [0.4, 0.5) is 0 Å². The van der Waals surface area contributed by atoms with Gasteiger partial charge in [-0.2, -0.15) is 0 Å². The number of nitrogens with zero attached hydrogens (tertiary/aromatic N) is 1. The van der Waals surface area contributed by atoms with Crippen LogP contribution in [0, 0.1) is 18.8 Å². The molecule has 1 aliphatic rings. The molecule has 2 amide bonds. The quantitative estimate of drug-likeness (QED) is 0.659. The van der Waals surface area contributed by atoms with Crippen LogP contribution >= 0.6 is 0 Å². The van der Waals surface area contributed by atoms with Crippen LogP contribution in [0.3, 0.4) is 0 Å². The van der Waals surface area contributed by atoms with Gasteiger partial charge in [0.2, 0.25) is 11.7 Å². The molecule has 178 valence electrons. The number of ether oxygens (including phenoxy) is 3. The van der Waals surface area contributed by atoms with E-state index < -0.39 is 0 Å². The summed E-state index contributed by atoms with van der Waals surface area (Å²) in [5.74, 6) is 1.15. The van der Waals surface area contributed by atoms with Gasteiger partial charge in [-0.1, -0.05) is 31.5 Å². The van der Waals surface area contributed by atoms with Crippen molar-refractivity contribution in [1.82, 2.24) is 10.2 Å². The second kappa shape index (κ2) is 10.6. The largest absolute Gasteiger partial charge is 0.493 e. The molecule has 2 unspecified atom stereocenters. The predicted octanol–water partition coefficient (Wildman–Crippen LogP) is 3.65. The normalized spacial score (nSPS) is 17.7. The first kappa shape index (κ1) is 24.4. The number of rotatable bonds is 8. The molecule has 0 spiro atoms. The Labute approximate surface area is 196 Å². The van der Waals surface area contributed by atoms with E-state index in [0.717, 1.165) is 11.1 Å². The van der Waals surface area contributed by atoms with Gasteiger partial charge in [0.25, 0.3) is 5.91 Å². The number of hydrogen-bond acceptors (Lipinski definition) is 5. The number of nitrogens with one attached hydrogen (secondary N) is 1. The molecule has 0 saturated carbocycles. The highest BCUT2D eigenvalue weighted by molar-refractivity contribution is 5.95. The summed E-state index contributed by atoms with van der Waals surface area (Å²) >= 11 is 0. The number of aryl methyl sites for hydroxylation is 1. The van der Waals surface area contributed by atoms with E-state index in [9.17, 15) is 9.59 Å². The molecule has 0 aliphatic carbocycles. The van der Waals surface area contributed by atoms with Gasteiger partial charge in [0.15, 0.2) is 11.5 Å². The topological polar surface area (TPSA) is 77.1 Å². The van der Waals surface area contributed by atoms with E-state index in [4.69, 9.17) is 14.2 Å². The van der Waals surface area contributed by atoms with E-state index >= 15 is 0 Å². The third-order valence-electron chi connectivity index (χ3n) is 6.04. The van der Waals surface area contributed by atoms with Gasteiger partial charge in [0, 0.05) is 31.1 Å². The molecule has 0 radical (unpaired) electrons. The molecule has 1 heterocycles. The Balaban J connectivity index is 1.96. The minimum Gasteiger partial charge on any atom is -0.493 e. The van der Waals surface area contributed by atoms with Crippen molar-refractivity contribution in [3.63, 3.8) is 0 Å². The molecule has 1 fully saturated rings. The number of carbonyl (C=O) groups is 2. The molecule has 7 nitrogen and oxygen atoms in total. The Bertz CT molecular complexity index is 962. The molecular formula is C26H34N2O5. The SMILES string of the molecule is COc1cc(C2CN(C(=O)c3ccc(C)cc3)CC2C(=O)NCC(C)C)cc(OC)c1OC. The van der Waals surface area contributed by atoms with Crippen LogP contribution in [0.2, 0.25) is 0 Å². The van der Waals surface area contributed by atoms with E-state index in [0.29, 0.717) is 48.4 Å². The smallest absolute Gasteiger partial charge is 0.253 e. The average Bonchev–Trinajstić information content (AvgIpc) is 3.27. The maximum Gasteiger partial charge on any atom is 0.253 e. The molecular weight excluding hydrogens is 420 g/mol. The van der Waals surface area contributed by atoms with Crippen molar-refractivity contribution in [3.05, 3.63) is 53.1 Å². The number of methoxy groups -OCH3 is 3. The maximum atomic E-state index is 13.2. The van der Waals surface area contributed by atoms with Gasteiger partial charge in [-0.15, -0.1) is 0 Å². The summed E-state index contributed by atoms with van der Waals surface area (Å²) in [4.78, 5) is 28.2. The molecule has 1 saturated heterocycles. The molecule has 3 rings (SSSR count). The van der Waals surface area contributed by atoms with Gasteiger partial charge in [-0.3, -0.25) is 9.59 Å². The highest BCUT2D eigenvalue weighted by Crippen LogP contribution is 2.43. The van der Waals surface area contributed by atoms with Crippen molar-refractivity contribution < 1.29 is 23.8 Å². The molecule has 33 heavy (non-hydrogen) atoms. The number of amides is 2. The second-order valence-electron chi connectivity index (χ2n) is 8.89. The van der Waals surface area contributed by atoms with E-state index in [1.807, 2.05) is 43.3 Å². The first-order chi connectivity index (χ1) is 15.8. The Morgan fingerprint density at radius 2 is 1.61 bits per heavy atom. The lowest BCUT2D eigenvalue weighted by Crippen LogP contribution is -2.37. The van der Waals surface area contributed by atoms with Crippen LogP contribution < -0.4 is 19.5 Å². The van der Waals surface area contributed by atoms with Gasteiger partial charge < -0.3 is 24.4 Å². The molecule has 2 atom stereocenters. The van der Waals surface area contributed by atoms with Gasteiger partial charge in [0.1, 0.15) is 0 Å². The van der Waals surface area contributed by atoms with E-state index in [2.05, 4.69) is 19.2 Å². The highest BCUT2D eigenvalue weighted by Gasteiger charge is 2.41. The summed E-state index contributed by atoms with van der Waals surface area (Å²) in [6.07, 6.45) is 0. The van der Waals surface area contributed by atoms with Gasteiger partial charge in [0.05, 0.1) is 27.2 Å². The molecule has 2 aromatic rings. The summed E-state index contributed by atoms with van der Waals surface area (Å²) in [6, 6.07) is 11.2. The zero-order valence-electron chi connectivity index (χ0n) is 20.3. The molecule has 1 N–H and O–H groups in total. The first-order valence-corrected chi connectivity index (χ1v) is 11.2. The standard InChI is InChI=1S/C26H34N2O5/c1-16(2)13-27-25(29)21-15-28(26(30)18-9-7-17(3)8-10-18)14-20(21)19-11-22(31-4)24(33-6)23(12-19)32-5/h7-12,16,20-21H,13-15H2,1-6H3,(H,27,29). The van der Waals surface area contributed by atoms with Crippen LogP contribution in [0.15, 0.2) is 36.4 Å². The zero-order valence-corrected chi connectivity index (χ0v) is 20.3. The fourth-order valence-corrected chi connectivity index (χ4v) is 4.20. The predicted molar refractivity (Wildman–Crippen MR) is 127 cm³/mol. The molecule has 0 bridgehead atoms. The van der Waals surface area contributed by atoms with Crippen LogP contribution in [0.1, 0.15) is 41.3 Å². The van der Waals surface area contributed by atoms with E-state index in [1.165, 1.54) is 0 Å². The van der Waals surface area contributed by atoms with Crippen LogP contribution in [0.25, 0.3) is 0 Å². The monoisotopic (exact) mass is 454 g/mol. The minimum atomic E-state index is -0.388. The fraction of sp³-hybridized carbons (Fsp3) is 0.462. The second-order valence-corrected chi connectivity index (χ2v) is 8.89. The third kappa shape index (κ3) is 5.41. The van der Waals surface area contributed by atoms with Gasteiger partial charge in [-0.05, 0) is 42.7 Å². The summed E-state index contributed by atoms with van der Waals surface area (Å²) < 4.78 is 16.5. The Kier molecular flexibility index (Phi) is 7.84. The fourth-order valence-electron chi connectivity index (χ4n) is 4.20. The van der Waals surface area contributed by atoms with Gasteiger partial charge >= 0.3 is 0 Å². The molecule has 7 heteroatoms. The lowest BCUT2D eigenvalue weighted by Gasteiger charge is -2.21. The van der Waals surface area contributed by atoms with E-state index in [1.54, 1.807) is 26.2 Å². The highest BCUT2D eigenvalue weighted by atomic mass is 16.5. The zero-order chi connectivity index (χ0) is 24.1. The Morgan fingerprint density at radius 3 is 2.12 bits per heavy atom. The Morgan fingerprint density at radius 1 is 1.00 bits per heavy atom. The first-order valence-electron chi connectivity index (χ1n) is 11.2. The number of hydrogen-bond donors (Lipinski definition) is 1. The number of carbonyl (C=O) groups excluding carboxylic acids is 2. The molecule has 1 aliphatic heterocycles. The molecule has 0 aromatic heterocycles. The van der Waals surface area contributed by atoms with Crippen LogP contribution in [0.5, 0.6) is 17.2 Å². The third-order valence-corrected chi connectivity index (χ3v) is 6.04. The summed E-state index contributed by atoms with van der Waals surface area (Å²) in [6.45, 7) is 7.45. The Hall–Kier alpha value is -3.22. The van der Waals surface area contributed by atoms with Crippen molar-refractivity contribution in [1.29, 1.82) is 0 Å². The van der Waals surface area contributed by atoms with Crippen LogP contribution in [-0.4, -0.2) is 57.7 Å². The number of benzene rings is 2. The lowest BCUT2D eigenvalue weighted by atomic mass is 9.87. The number of likely N-dealkylation sites (tertiary alicyclic amines) is 1.